The number of halogens is 1. The normalized spacial score (nSPS) is 12.6. The van der Waals surface area contributed by atoms with E-state index in [0.717, 1.165) is 21.3 Å². The minimum absolute atomic E-state index is 0.399. The Morgan fingerprint density at radius 3 is 2.71 bits per heavy atom. The zero-order valence-corrected chi connectivity index (χ0v) is 12.1. The topological polar surface area (TPSA) is 20.2 Å². The Bertz CT molecular complexity index is 492. The third-order valence-corrected chi connectivity index (χ3v) is 4.67. The molecule has 0 aliphatic carbocycles. The fourth-order valence-corrected chi connectivity index (χ4v) is 3.33. The fourth-order valence-electron chi connectivity index (χ4n) is 1.90. The van der Waals surface area contributed by atoms with Crippen molar-refractivity contribution < 1.29 is 5.11 Å². The average Bonchev–Trinajstić information content (AvgIpc) is 2.80. The largest absolute Gasteiger partial charge is 0.387 e. The van der Waals surface area contributed by atoms with Crippen molar-refractivity contribution in [3.8, 4) is 0 Å². The molecule has 90 valence electrons. The maximum atomic E-state index is 10.3. The van der Waals surface area contributed by atoms with E-state index >= 15 is 0 Å². The first-order chi connectivity index (χ1) is 8.22. The number of aliphatic hydroxyl groups excluding tert-OH is 1. The van der Waals surface area contributed by atoms with Crippen LogP contribution in [-0.4, -0.2) is 5.11 Å². The molecule has 0 radical (unpaired) electrons. The van der Waals surface area contributed by atoms with Crippen molar-refractivity contribution in [1.29, 1.82) is 0 Å². The SMILES string of the molecule is CCc1ccsc1C(O)Cc1ccccc1Br. The summed E-state index contributed by atoms with van der Waals surface area (Å²) in [7, 11) is 0. The highest BCUT2D eigenvalue weighted by Crippen LogP contribution is 2.29. The molecule has 1 atom stereocenters. The molecule has 0 saturated carbocycles. The van der Waals surface area contributed by atoms with Gasteiger partial charge in [-0.1, -0.05) is 41.1 Å². The second-order valence-corrected chi connectivity index (χ2v) is 5.78. The lowest BCUT2D eigenvalue weighted by Crippen LogP contribution is -2.02. The van der Waals surface area contributed by atoms with E-state index in [1.165, 1.54) is 5.56 Å². The minimum atomic E-state index is -0.399. The maximum absolute atomic E-state index is 10.3. The first-order valence-electron chi connectivity index (χ1n) is 5.70. The van der Waals surface area contributed by atoms with E-state index in [2.05, 4.69) is 34.3 Å². The predicted molar refractivity (Wildman–Crippen MR) is 76.5 cm³/mol. The standard InChI is InChI=1S/C14H15BrOS/c1-2-10-7-8-17-14(10)13(16)9-11-5-3-4-6-12(11)15/h3-8,13,16H,2,9H2,1H3. The van der Waals surface area contributed by atoms with Crippen LogP contribution >= 0.6 is 27.3 Å². The van der Waals surface area contributed by atoms with Gasteiger partial charge in [0.05, 0.1) is 6.10 Å². The molecule has 1 unspecified atom stereocenters. The van der Waals surface area contributed by atoms with Gasteiger partial charge >= 0.3 is 0 Å². The van der Waals surface area contributed by atoms with Gasteiger partial charge in [-0.2, -0.15) is 0 Å². The Hall–Kier alpha value is -0.640. The van der Waals surface area contributed by atoms with Crippen LogP contribution in [0.2, 0.25) is 0 Å². The molecule has 0 bridgehead atoms. The molecular formula is C14H15BrOS. The smallest absolute Gasteiger partial charge is 0.0925 e. The molecule has 0 aliphatic rings. The van der Waals surface area contributed by atoms with Crippen LogP contribution in [0.5, 0.6) is 0 Å². The van der Waals surface area contributed by atoms with E-state index in [1.54, 1.807) is 11.3 Å². The van der Waals surface area contributed by atoms with E-state index in [9.17, 15) is 5.11 Å². The fraction of sp³-hybridized carbons (Fsp3) is 0.286. The monoisotopic (exact) mass is 310 g/mol. The van der Waals surface area contributed by atoms with Crippen LogP contribution in [0.15, 0.2) is 40.2 Å². The number of hydrogen-bond acceptors (Lipinski definition) is 2. The highest BCUT2D eigenvalue weighted by molar-refractivity contribution is 9.10. The third kappa shape index (κ3) is 2.97. The number of hydrogen-bond donors (Lipinski definition) is 1. The third-order valence-electron chi connectivity index (χ3n) is 2.84. The van der Waals surface area contributed by atoms with Crippen LogP contribution in [0.4, 0.5) is 0 Å². The molecule has 0 saturated heterocycles. The predicted octanol–water partition coefficient (Wildman–Crippen LogP) is 4.35. The summed E-state index contributed by atoms with van der Waals surface area (Å²) in [6.45, 7) is 2.12. The molecule has 3 heteroatoms. The van der Waals surface area contributed by atoms with Gasteiger partial charge in [0.25, 0.3) is 0 Å². The lowest BCUT2D eigenvalue weighted by Gasteiger charge is -2.12. The van der Waals surface area contributed by atoms with E-state index in [4.69, 9.17) is 0 Å². The molecule has 0 spiro atoms. The van der Waals surface area contributed by atoms with Gasteiger partial charge in [0.1, 0.15) is 0 Å². The molecule has 17 heavy (non-hydrogen) atoms. The van der Waals surface area contributed by atoms with Crippen molar-refractivity contribution in [3.05, 3.63) is 56.2 Å². The second kappa shape index (κ2) is 5.80. The highest BCUT2D eigenvalue weighted by Gasteiger charge is 2.14. The summed E-state index contributed by atoms with van der Waals surface area (Å²) >= 11 is 5.16. The number of thiophene rings is 1. The Morgan fingerprint density at radius 2 is 2.00 bits per heavy atom. The Balaban J connectivity index is 2.17. The van der Waals surface area contributed by atoms with E-state index in [0.29, 0.717) is 6.42 Å². The number of benzene rings is 1. The van der Waals surface area contributed by atoms with Crippen LogP contribution in [-0.2, 0) is 12.8 Å². The van der Waals surface area contributed by atoms with Crippen LogP contribution in [0.25, 0.3) is 0 Å². The van der Waals surface area contributed by atoms with Crippen molar-refractivity contribution in [2.45, 2.75) is 25.9 Å². The average molecular weight is 311 g/mol. The minimum Gasteiger partial charge on any atom is -0.387 e. The van der Waals surface area contributed by atoms with Gasteiger partial charge in [0.15, 0.2) is 0 Å². The van der Waals surface area contributed by atoms with E-state index < -0.39 is 6.10 Å². The van der Waals surface area contributed by atoms with Crippen molar-refractivity contribution in [2.24, 2.45) is 0 Å². The highest BCUT2D eigenvalue weighted by atomic mass is 79.9. The lowest BCUT2D eigenvalue weighted by atomic mass is 10.0. The van der Waals surface area contributed by atoms with E-state index in [1.807, 2.05) is 24.3 Å². The molecule has 0 amide bonds. The summed E-state index contributed by atoms with van der Waals surface area (Å²) in [5.74, 6) is 0. The Labute approximate surface area is 114 Å². The molecule has 2 rings (SSSR count). The van der Waals surface area contributed by atoms with Gasteiger partial charge in [-0.3, -0.25) is 0 Å². The summed E-state index contributed by atoms with van der Waals surface area (Å²) in [5, 5.41) is 12.3. The summed E-state index contributed by atoms with van der Waals surface area (Å²) in [6.07, 6.45) is 1.24. The molecule has 0 aliphatic heterocycles. The van der Waals surface area contributed by atoms with Crippen molar-refractivity contribution in [1.82, 2.24) is 0 Å². The van der Waals surface area contributed by atoms with Crippen molar-refractivity contribution in [2.75, 3.05) is 0 Å². The number of aryl methyl sites for hydroxylation is 1. The van der Waals surface area contributed by atoms with Gasteiger partial charge in [0, 0.05) is 15.8 Å². The van der Waals surface area contributed by atoms with Gasteiger partial charge < -0.3 is 5.11 Å². The van der Waals surface area contributed by atoms with Crippen LogP contribution in [0, 0.1) is 0 Å². The Morgan fingerprint density at radius 1 is 1.24 bits per heavy atom. The van der Waals surface area contributed by atoms with Crippen LogP contribution < -0.4 is 0 Å². The zero-order chi connectivity index (χ0) is 12.3. The molecule has 1 aromatic carbocycles. The number of aliphatic hydroxyl groups is 1. The van der Waals surface area contributed by atoms with Crippen molar-refractivity contribution in [3.63, 3.8) is 0 Å². The Kier molecular flexibility index (Phi) is 4.37. The van der Waals surface area contributed by atoms with Gasteiger partial charge in [0.2, 0.25) is 0 Å². The summed E-state index contributed by atoms with van der Waals surface area (Å²) in [5.41, 5.74) is 2.41. The van der Waals surface area contributed by atoms with Crippen LogP contribution in [0.1, 0.15) is 29.0 Å². The molecule has 1 aromatic heterocycles. The molecule has 1 heterocycles. The molecular weight excluding hydrogens is 296 g/mol. The molecule has 1 N–H and O–H groups in total. The first kappa shape index (κ1) is 12.8. The van der Waals surface area contributed by atoms with Crippen molar-refractivity contribution >= 4 is 27.3 Å². The van der Waals surface area contributed by atoms with Gasteiger partial charge in [-0.15, -0.1) is 11.3 Å². The summed E-state index contributed by atoms with van der Waals surface area (Å²) in [4.78, 5) is 1.10. The van der Waals surface area contributed by atoms with Gasteiger partial charge in [-0.25, -0.2) is 0 Å². The van der Waals surface area contributed by atoms with E-state index in [-0.39, 0.29) is 0 Å². The molecule has 0 fully saturated rings. The second-order valence-electron chi connectivity index (χ2n) is 3.97. The zero-order valence-electron chi connectivity index (χ0n) is 9.69. The quantitative estimate of drug-likeness (QED) is 0.890. The number of rotatable bonds is 4. The summed E-state index contributed by atoms with van der Waals surface area (Å²) in [6, 6.07) is 10.2. The molecule has 1 nitrogen and oxygen atoms in total. The molecule has 2 aromatic rings. The maximum Gasteiger partial charge on any atom is 0.0925 e. The summed E-state index contributed by atoms with van der Waals surface area (Å²) < 4.78 is 1.06. The lowest BCUT2D eigenvalue weighted by molar-refractivity contribution is 0.181. The first-order valence-corrected chi connectivity index (χ1v) is 7.37. The van der Waals surface area contributed by atoms with Crippen LogP contribution in [0.3, 0.4) is 0 Å². The van der Waals surface area contributed by atoms with Gasteiger partial charge in [-0.05, 0) is 35.1 Å².